The maximum absolute atomic E-state index is 12.0. The van der Waals surface area contributed by atoms with Gasteiger partial charge in [0.05, 0.1) is 19.4 Å². The lowest BCUT2D eigenvalue weighted by Crippen LogP contribution is -2.42. The zero-order valence-electron chi connectivity index (χ0n) is 17.4. The second-order valence-corrected chi connectivity index (χ2v) is 7.26. The fourth-order valence-electron chi connectivity index (χ4n) is 3.38. The molecule has 2 heterocycles. The molecule has 0 fully saturated rings. The van der Waals surface area contributed by atoms with Crippen LogP contribution in [0.25, 0.3) is 0 Å². The normalized spacial score (nSPS) is 15.1. The van der Waals surface area contributed by atoms with Crippen LogP contribution in [0.4, 0.5) is 5.69 Å². The van der Waals surface area contributed by atoms with E-state index in [9.17, 15) is 4.79 Å². The first kappa shape index (κ1) is 20.5. The standard InChI is InChI=1S/C24H26N4O3/c1-2-25-24(27-16-20-14-18-6-3-4-7-21(18)31-20)26-15-17-9-11-19(12-10-17)28-23(29)22-8-5-13-30-22/h3-13,20H,2,14-16H2,1H3,(H,28,29)(H2,25,26,27). The first-order valence-electron chi connectivity index (χ1n) is 10.4. The number of aliphatic imine (C=N–C) groups is 1. The Labute approximate surface area is 181 Å². The van der Waals surface area contributed by atoms with Gasteiger partial charge >= 0.3 is 0 Å². The van der Waals surface area contributed by atoms with Gasteiger partial charge in [-0.2, -0.15) is 0 Å². The minimum absolute atomic E-state index is 0.0957. The van der Waals surface area contributed by atoms with E-state index >= 15 is 0 Å². The van der Waals surface area contributed by atoms with Crippen LogP contribution < -0.4 is 20.7 Å². The number of benzene rings is 2. The Morgan fingerprint density at radius 2 is 1.90 bits per heavy atom. The molecular formula is C24H26N4O3. The van der Waals surface area contributed by atoms with Gasteiger partial charge in [-0.3, -0.25) is 4.79 Å². The molecule has 31 heavy (non-hydrogen) atoms. The average Bonchev–Trinajstić information content (AvgIpc) is 3.46. The van der Waals surface area contributed by atoms with Crippen LogP contribution in [0, 0.1) is 0 Å². The van der Waals surface area contributed by atoms with Crippen molar-refractivity contribution in [3.05, 3.63) is 83.8 Å². The van der Waals surface area contributed by atoms with Crippen molar-refractivity contribution in [2.75, 3.05) is 18.4 Å². The first-order valence-corrected chi connectivity index (χ1v) is 10.4. The summed E-state index contributed by atoms with van der Waals surface area (Å²) in [6, 6.07) is 19.1. The molecule has 3 aromatic rings. The number of nitrogens with one attached hydrogen (secondary N) is 3. The summed E-state index contributed by atoms with van der Waals surface area (Å²) in [5, 5.41) is 9.44. The Balaban J connectivity index is 1.29. The number of carbonyl (C=O) groups is 1. The van der Waals surface area contributed by atoms with Crippen LogP contribution in [0.15, 0.2) is 76.3 Å². The number of hydrogen-bond donors (Lipinski definition) is 3. The maximum atomic E-state index is 12.0. The molecule has 1 aromatic heterocycles. The Morgan fingerprint density at radius 1 is 1.06 bits per heavy atom. The Kier molecular flexibility index (Phi) is 6.52. The second-order valence-electron chi connectivity index (χ2n) is 7.26. The number of ether oxygens (including phenoxy) is 1. The predicted octanol–water partition coefficient (Wildman–Crippen LogP) is 3.59. The highest BCUT2D eigenvalue weighted by atomic mass is 16.5. The lowest BCUT2D eigenvalue weighted by Gasteiger charge is -2.15. The third-order valence-corrected chi connectivity index (χ3v) is 4.93. The number of guanidine groups is 1. The van der Waals surface area contributed by atoms with Crippen molar-refractivity contribution in [3.8, 4) is 5.75 Å². The molecule has 1 unspecified atom stereocenters. The quantitative estimate of drug-likeness (QED) is 0.403. The van der Waals surface area contributed by atoms with Crippen LogP contribution in [-0.4, -0.2) is 31.1 Å². The molecule has 160 valence electrons. The van der Waals surface area contributed by atoms with Crippen LogP contribution >= 0.6 is 0 Å². The van der Waals surface area contributed by atoms with E-state index < -0.39 is 0 Å². The third kappa shape index (κ3) is 5.45. The first-order chi connectivity index (χ1) is 15.2. The Hall–Kier alpha value is -3.74. The molecule has 1 atom stereocenters. The molecule has 0 saturated heterocycles. The second kappa shape index (κ2) is 9.84. The number of rotatable bonds is 7. The van der Waals surface area contributed by atoms with Crippen molar-refractivity contribution in [3.63, 3.8) is 0 Å². The molecule has 0 bridgehead atoms. The molecule has 1 amide bonds. The number of para-hydroxylation sites is 1. The topological polar surface area (TPSA) is 87.9 Å². The highest BCUT2D eigenvalue weighted by molar-refractivity contribution is 6.02. The smallest absolute Gasteiger partial charge is 0.291 e. The number of hydrogen-bond acceptors (Lipinski definition) is 4. The average molecular weight is 418 g/mol. The van der Waals surface area contributed by atoms with E-state index in [1.165, 1.54) is 11.8 Å². The van der Waals surface area contributed by atoms with Gasteiger partial charge in [0.15, 0.2) is 11.7 Å². The highest BCUT2D eigenvalue weighted by Crippen LogP contribution is 2.27. The lowest BCUT2D eigenvalue weighted by atomic mass is 10.1. The van der Waals surface area contributed by atoms with Crippen LogP contribution in [0.3, 0.4) is 0 Å². The molecule has 4 rings (SSSR count). The molecule has 2 aromatic carbocycles. The van der Waals surface area contributed by atoms with Crippen LogP contribution in [0.1, 0.15) is 28.6 Å². The van der Waals surface area contributed by atoms with E-state index in [0.29, 0.717) is 18.8 Å². The Bertz CT molecular complexity index is 1000. The molecule has 0 radical (unpaired) electrons. The van der Waals surface area contributed by atoms with Gasteiger partial charge in [0.2, 0.25) is 0 Å². The van der Waals surface area contributed by atoms with E-state index in [4.69, 9.17) is 9.15 Å². The van der Waals surface area contributed by atoms with E-state index in [1.54, 1.807) is 12.1 Å². The van der Waals surface area contributed by atoms with Gasteiger partial charge in [-0.25, -0.2) is 4.99 Å². The fraction of sp³-hybridized carbons (Fsp3) is 0.250. The molecule has 0 aliphatic carbocycles. The molecule has 1 aliphatic heterocycles. The van der Waals surface area contributed by atoms with E-state index in [-0.39, 0.29) is 17.8 Å². The molecular weight excluding hydrogens is 392 g/mol. The summed E-state index contributed by atoms with van der Waals surface area (Å²) in [5.41, 5.74) is 2.99. The number of fused-ring (bicyclic) bond motifs is 1. The third-order valence-electron chi connectivity index (χ3n) is 4.93. The molecule has 1 aliphatic rings. The fourth-order valence-corrected chi connectivity index (χ4v) is 3.38. The molecule has 0 spiro atoms. The highest BCUT2D eigenvalue weighted by Gasteiger charge is 2.22. The number of carbonyl (C=O) groups excluding carboxylic acids is 1. The summed E-state index contributed by atoms with van der Waals surface area (Å²) in [6.45, 7) is 4.01. The predicted molar refractivity (Wildman–Crippen MR) is 120 cm³/mol. The summed E-state index contributed by atoms with van der Waals surface area (Å²) in [4.78, 5) is 16.7. The number of furan rings is 1. The summed E-state index contributed by atoms with van der Waals surface area (Å²) < 4.78 is 11.1. The summed E-state index contributed by atoms with van der Waals surface area (Å²) in [7, 11) is 0. The summed E-state index contributed by atoms with van der Waals surface area (Å²) >= 11 is 0. The minimum Gasteiger partial charge on any atom is -0.488 e. The molecule has 3 N–H and O–H groups in total. The monoisotopic (exact) mass is 418 g/mol. The van der Waals surface area contributed by atoms with E-state index in [0.717, 1.165) is 30.2 Å². The zero-order chi connectivity index (χ0) is 21.5. The Morgan fingerprint density at radius 3 is 2.65 bits per heavy atom. The molecule has 7 heteroatoms. The molecule has 7 nitrogen and oxygen atoms in total. The van der Waals surface area contributed by atoms with Crippen molar-refractivity contribution in [1.29, 1.82) is 0 Å². The van der Waals surface area contributed by atoms with Gasteiger partial charge in [-0.1, -0.05) is 30.3 Å². The van der Waals surface area contributed by atoms with Gasteiger partial charge in [0, 0.05) is 18.7 Å². The van der Waals surface area contributed by atoms with Gasteiger partial charge in [0.1, 0.15) is 11.9 Å². The van der Waals surface area contributed by atoms with E-state index in [2.05, 4.69) is 27.0 Å². The van der Waals surface area contributed by atoms with Gasteiger partial charge < -0.3 is 25.1 Å². The maximum Gasteiger partial charge on any atom is 0.291 e. The van der Waals surface area contributed by atoms with Crippen molar-refractivity contribution in [2.24, 2.45) is 4.99 Å². The van der Waals surface area contributed by atoms with E-state index in [1.807, 2.05) is 49.4 Å². The van der Waals surface area contributed by atoms with Crippen molar-refractivity contribution in [1.82, 2.24) is 10.6 Å². The van der Waals surface area contributed by atoms with Crippen LogP contribution in [0.2, 0.25) is 0 Å². The number of nitrogens with zero attached hydrogens (tertiary/aromatic N) is 1. The van der Waals surface area contributed by atoms with Crippen LogP contribution in [-0.2, 0) is 13.0 Å². The summed E-state index contributed by atoms with van der Waals surface area (Å²) in [6.07, 6.45) is 2.47. The van der Waals surface area contributed by atoms with Crippen LogP contribution in [0.5, 0.6) is 5.75 Å². The van der Waals surface area contributed by atoms with Gasteiger partial charge in [-0.05, 0) is 48.4 Å². The zero-order valence-corrected chi connectivity index (χ0v) is 17.4. The molecule has 0 saturated carbocycles. The number of amides is 1. The number of anilines is 1. The minimum atomic E-state index is -0.273. The lowest BCUT2D eigenvalue weighted by molar-refractivity contribution is 0.0996. The van der Waals surface area contributed by atoms with Gasteiger partial charge in [-0.15, -0.1) is 0 Å². The van der Waals surface area contributed by atoms with Crippen molar-refractivity contribution < 1.29 is 13.9 Å². The summed E-state index contributed by atoms with van der Waals surface area (Å²) in [5.74, 6) is 1.72. The van der Waals surface area contributed by atoms with Crippen molar-refractivity contribution in [2.45, 2.75) is 26.0 Å². The SMILES string of the molecule is CCNC(=NCc1ccc(NC(=O)c2ccco2)cc1)NCC1Cc2ccccc2O1. The van der Waals surface area contributed by atoms with Gasteiger partial charge in [0.25, 0.3) is 5.91 Å². The largest absolute Gasteiger partial charge is 0.488 e. The van der Waals surface area contributed by atoms with Crippen molar-refractivity contribution >= 4 is 17.6 Å².